The maximum atomic E-state index is 13.3. The second-order valence-corrected chi connectivity index (χ2v) is 8.17. The molecule has 1 fully saturated rings. The molecule has 144 valence electrons. The van der Waals surface area contributed by atoms with Gasteiger partial charge in [-0.05, 0) is 38.3 Å². The fourth-order valence-electron chi connectivity index (χ4n) is 3.63. The van der Waals surface area contributed by atoms with Crippen molar-refractivity contribution in [2.75, 3.05) is 4.90 Å². The SMILES string of the molecule is CC(C)N(C(=O)C1CCCCC1)c1cc(-c2ccccc2)sc1OC(=O)O. The van der Waals surface area contributed by atoms with Gasteiger partial charge < -0.3 is 14.7 Å². The van der Waals surface area contributed by atoms with Gasteiger partial charge in [0.2, 0.25) is 11.0 Å². The molecule has 1 amide bonds. The first-order valence-electron chi connectivity index (χ1n) is 9.40. The number of ether oxygens (including phenoxy) is 1. The summed E-state index contributed by atoms with van der Waals surface area (Å²) in [6.45, 7) is 3.90. The Labute approximate surface area is 163 Å². The number of rotatable bonds is 5. The van der Waals surface area contributed by atoms with Crippen molar-refractivity contribution >= 4 is 29.1 Å². The summed E-state index contributed by atoms with van der Waals surface area (Å²) >= 11 is 1.25. The van der Waals surface area contributed by atoms with E-state index in [0.717, 1.165) is 36.1 Å². The van der Waals surface area contributed by atoms with Crippen LogP contribution in [0.5, 0.6) is 5.06 Å². The van der Waals surface area contributed by atoms with E-state index in [9.17, 15) is 9.59 Å². The van der Waals surface area contributed by atoms with Crippen molar-refractivity contribution in [1.29, 1.82) is 0 Å². The molecule has 0 radical (unpaired) electrons. The van der Waals surface area contributed by atoms with Crippen LogP contribution in [0.3, 0.4) is 0 Å². The van der Waals surface area contributed by atoms with Crippen LogP contribution < -0.4 is 9.64 Å². The monoisotopic (exact) mass is 387 g/mol. The second kappa shape index (κ2) is 8.57. The van der Waals surface area contributed by atoms with E-state index < -0.39 is 6.16 Å². The Morgan fingerprint density at radius 3 is 2.41 bits per heavy atom. The molecule has 1 aliphatic carbocycles. The van der Waals surface area contributed by atoms with Crippen molar-refractivity contribution in [1.82, 2.24) is 0 Å². The molecular formula is C21H25NO4S. The first-order valence-corrected chi connectivity index (χ1v) is 10.2. The first kappa shape index (κ1) is 19.4. The van der Waals surface area contributed by atoms with Crippen molar-refractivity contribution in [3.05, 3.63) is 36.4 Å². The van der Waals surface area contributed by atoms with Crippen LogP contribution in [-0.2, 0) is 4.79 Å². The van der Waals surface area contributed by atoms with Gasteiger partial charge in [-0.15, -0.1) is 0 Å². The number of carbonyl (C=O) groups is 2. The molecule has 0 unspecified atom stereocenters. The van der Waals surface area contributed by atoms with Crippen LogP contribution in [0, 0.1) is 5.92 Å². The molecule has 6 heteroatoms. The number of benzene rings is 1. The highest BCUT2D eigenvalue weighted by molar-refractivity contribution is 7.18. The van der Waals surface area contributed by atoms with Crippen molar-refractivity contribution < 1.29 is 19.4 Å². The zero-order chi connectivity index (χ0) is 19.4. The lowest BCUT2D eigenvalue weighted by atomic mass is 9.88. The number of anilines is 1. The van der Waals surface area contributed by atoms with E-state index in [1.807, 2.05) is 50.2 Å². The van der Waals surface area contributed by atoms with Crippen LogP contribution in [0.2, 0.25) is 0 Å². The van der Waals surface area contributed by atoms with Gasteiger partial charge in [0, 0.05) is 16.8 Å². The lowest BCUT2D eigenvalue weighted by Crippen LogP contribution is -2.41. The zero-order valence-electron chi connectivity index (χ0n) is 15.7. The fourth-order valence-corrected chi connectivity index (χ4v) is 4.63. The van der Waals surface area contributed by atoms with E-state index in [1.54, 1.807) is 4.90 Å². The van der Waals surface area contributed by atoms with E-state index in [2.05, 4.69) is 0 Å². The maximum Gasteiger partial charge on any atom is 0.512 e. The summed E-state index contributed by atoms with van der Waals surface area (Å²) in [5.41, 5.74) is 1.52. The number of thiophene rings is 1. The zero-order valence-corrected chi connectivity index (χ0v) is 16.5. The quantitative estimate of drug-likeness (QED) is 0.659. The average Bonchev–Trinajstić information content (AvgIpc) is 3.05. The number of hydrogen-bond donors (Lipinski definition) is 1. The van der Waals surface area contributed by atoms with Crippen molar-refractivity contribution in [3.63, 3.8) is 0 Å². The van der Waals surface area contributed by atoms with E-state index in [4.69, 9.17) is 9.84 Å². The minimum atomic E-state index is -1.37. The van der Waals surface area contributed by atoms with Crippen molar-refractivity contribution in [3.8, 4) is 15.5 Å². The predicted octanol–water partition coefficient (Wildman–Crippen LogP) is 5.79. The minimum absolute atomic E-state index is 0.00102. The predicted molar refractivity (Wildman–Crippen MR) is 108 cm³/mol. The van der Waals surface area contributed by atoms with Crippen LogP contribution in [0.15, 0.2) is 36.4 Å². The first-order chi connectivity index (χ1) is 13.0. The lowest BCUT2D eigenvalue weighted by molar-refractivity contribution is -0.123. The molecule has 0 aliphatic heterocycles. The topological polar surface area (TPSA) is 66.8 Å². The highest BCUT2D eigenvalue weighted by Crippen LogP contribution is 2.44. The van der Waals surface area contributed by atoms with Gasteiger partial charge in [-0.25, -0.2) is 4.79 Å². The normalized spacial score (nSPS) is 14.9. The highest BCUT2D eigenvalue weighted by Gasteiger charge is 2.32. The lowest BCUT2D eigenvalue weighted by Gasteiger charge is -2.32. The molecule has 2 aromatic rings. The van der Waals surface area contributed by atoms with Gasteiger partial charge in [-0.2, -0.15) is 0 Å². The molecule has 1 saturated carbocycles. The molecule has 0 saturated heterocycles. The fraction of sp³-hybridized carbons (Fsp3) is 0.429. The second-order valence-electron chi connectivity index (χ2n) is 7.15. The maximum absolute atomic E-state index is 13.3. The molecule has 0 spiro atoms. The van der Waals surface area contributed by atoms with E-state index in [0.29, 0.717) is 5.69 Å². The standard InChI is InChI=1S/C21H25NO4S/c1-14(2)22(19(23)16-11-7-4-8-12-16)17-13-18(15-9-5-3-6-10-15)27-20(17)26-21(24)25/h3,5-6,9-10,13-14,16H,4,7-8,11-12H2,1-2H3,(H,24,25). The number of carboxylic acid groups (broad SMARTS) is 1. The molecule has 1 aromatic carbocycles. The molecule has 27 heavy (non-hydrogen) atoms. The molecule has 1 heterocycles. The third-order valence-electron chi connectivity index (χ3n) is 4.89. The Morgan fingerprint density at radius 1 is 1.15 bits per heavy atom. The number of carbonyl (C=O) groups excluding carboxylic acids is 1. The summed E-state index contributed by atoms with van der Waals surface area (Å²) in [5, 5.41) is 9.41. The van der Waals surface area contributed by atoms with E-state index in [1.165, 1.54) is 17.8 Å². The van der Waals surface area contributed by atoms with Crippen molar-refractivity contribution in [2.45, 2.75) is 52.0 Å². The molecule has 0 atom stereocenters. The van der Waals surface area contributed by atoms with Crippen LogP contribution in [-0.4, -0.2) is 23.2 Å². The third-order valence-corrected chi connectivity index (χ3v) is 5.94. The van der Waals surface area contributed by atoms with Crippen LogP contribution >= 0.6 is 11.3 Å². The van der Waals surface area contributed by atoms with Crippen LogP contribution in [0.25, 0.3) is 10.4 Å². The number of nitrogens with zero attached hydrogens (tertiary/aromatic N) is 1. The Morgan fingerprint density at radius 2 is 1.81 bits per heavy atom. The summed E-state index contributed by atoms with van der Waals surface area (Å²) in [5.74, 6) is 0.0660. The third kappa shape index (κ3) is 4.50. The molecular weight excluding hydrogens is 362 g/mol. The molecule has 5 nitrogen and oxygen atoms in total. The van der Waals surface area contributed by atoms with Crippen LogP contribution in [0.1, 0.15) is 46.0 Å². The summed E-state index contributed by atoms with van der Waals surface area (Å²) in [7, 11) is 0. The van der Waals surface area contributed by atoms with Gasteiger partial charge in [0.05, 0.1) is 5.69 Å². The van der Waals surface area contributed by atoms with Gasteiger partial charge in [-0.1, -0.05) is 60.9 Å². The van der Waals surface area contributed by atoms with E-state index in [-0.39, 0.29) is 22.9 Å². The molecule has 1 aromatic heterocycles. The van der Waals surface area contributed by atoms with E-state index >= 15 is 0 Å². The highest BCUT2D eigenvalue weighted by atomic mass is 32.1. The number of amides is 1. The van der Waals surface area contributed by atoms with Gasteiger partial charge >= 0.3 is 6.16 Å². The van der Waals surface area contributed by atoms with Gasteiger partial charge in [0.15, 0.2) is 0 Å². The van der Waals surface area contributed by atoms with Gasteiger partial charge in [0.25, 0.3) is 0 Å². The largest absolute Gasteiger partial charge is 0.512 e. The summed E-state index contributed by atoms with van der Waals surface area (Å²) in [6, 6.07) is 11.5. The molecule has 1 aliphatic rings. The Hall–Kier alpha value is -2.34. The number of hydrogen-bond acceptors (Lipinski definition) is 4. The summed E-state index contributed by atoms with van der Waals surface area (Å²) in [6.07, 6.45) is 3.74. The molecule has 3 rings (SSSR count). The Balaban J connectivity index is 2.00. The van der Waals surface area contributed by atoms with Crippen molar-refractivity contribution in [2.24, 2.45) is 5.92 Å². The Kier molecular flexibility index (Phi) is 6.16. The van der Waals surface area contributed by atoms with Gasteiger partial charge in [0.1, 0.15) is 0 Å². The molecule has 1 N–H and O–H groups in total. The van der Waals surface area contributed by atoms with Gasteiger partial charge in [-0.3, -0.25) is 4.79 Å². The Bertz CT molecular complexity index is 794. The minimum Gasteiger partial charge on any atom is -0.449 e. The van der Waals surface area contributed by atoms with Crippen LogP contribution in [0.4, 0.5) is 10.5 Å². The average molecular weight is 388 g/mol. The smallest absolute Gasteiger partial charge is 0.449 e. The molecule has 0 bridgehead atoms. The summed E-state index contributed by atoms with van der Waals surface area (Å²) in [4.78, 5) is 27.1. The summed E-state index contributed by atoms with van der Waals surface area (Å²) < 4.78 is 5.06.